The highest BCUT2D eigenvalue weighted by molar-refractivity contribution is 9.10. The molecule has 0 saturated carbocycles. The number of phenolic OH excluding ortho intramolecular Hbond substituents is 1. The molecular formula is C11H11BrF3NO. The van der Waals surface area contributed by atoms with E-state index in [1.165, 1.54) is 0 Å². The van der Waals surface area contributed by atoms with Gasteiger partial charge in [0.15, 0.2) is 0 Å². The lowest BCUT2D eigenvalue weighted by Crippen LogP contribution is -2.10. The first-order valence-electron chi connectivity index (χ1n) is 5.20. The molecule has 1 aliphatic heterocycles. The molecule has 6 heteroatoms. The molecule has 0 radical (unpaired) electrons. The molecular weight excluding hydrogens is 299 g/mol. The summed E-state index contributed by atoms with van der Waals surface area (Å²) in [5, 5.41) is 12.5. The Bertz CT molecular complexity index is 427. The van der Waals surface area contributed by atoms with E-state index in [1.807, 2.05) is 0 Å². The van der Waals surface area contributed by atoms with E-state index in [1.54, 1.807) is 6.07 Å². The molecule has 94 valence electrons. The second kappa shape index (κ2) is 4.49. The summed E-state index contributed by atoms with van der Waals surface area (Å²) < 4.78 is 38.2. The molecule has 2 N–H and O–H groups in total. The van der Waals surface area contributed by atoms with Crippen molar-refractivity contribution in [3.63, 3.8) is 0 Å². The number of aromatic hydroxyl groups is 1. The lowest BCUT2D eigenvalue weighted by molar-refractivity contribution is -0.138. The maximum Gasteiger partial charge on any atom is 0.420 e. The van der Waals surface area contributed by atoms with Gasteiger partial charge < -0.3 is 10.4 Å². The van der Waals surface area contributed by atoms with Crippen LogP contribution in [0.25, 0.3) is 0 Å². The largest absolute Gasteiger partial charge is 0.506 e. The number of alkyl halides is 3. The average Bonchev–Trinajstić information content (AvgIpc) is 2.73. The van der Waals surface area contributed by atoms with Crippen LogP contribution in [0.1, 0.15) is 23.5 Å². The summed E-state index contributed by atoms with van der Waals surface area (Å²) in [6, 6.07) is 2.60. The van der Waals surface area contributed by atoms with Gasteiger partial charge in [-0.2, -0.15) is 13.2 Å². The van der Waals surface area contributed by atoms with Gasteiger partial charge in [0.1, 0.15) is 5.75 Å². The van der Waals surface area contributed by atoms with Gasteiger partial charge in [-0.25, -0.2) is 0 Å². The lowest BCUT2D eigenvalue weighted by atomic mass is 9.96. The van der Waals surface area contributed by atoms with Crippen LogP contribution in [0.5, 0.6) is 5.75 Å². The Morgan fingerprint density at radius 1 is 1.35 bits per heavy atom. The van der Waals surface area contributed by atoms with Crippen molar-refractivity contribution >= 4 is 15.9 Å². The third kappa shape index (κ3) is 2.57. The van der Waals surface area contributed by atoms with Crippen molar-refractivity contribution in [3.05, 3.63) is 27.7 Å². The number of nitrogens with one attached hydrogen (secondary N) is 1. The minimum atomic E-state index is -4.53. The van der Waals surface area contributed by atoms with Gasteiger partial charge in [0.05, 0.1) is 10.0 Å². The monoisotopic (exact) mass is 309 g/mol. The number of benzene rings is 1. The van der Waals surface area contributed by atoms with Crippen molar-refractivity contribution in [1.82, 2.24) is 5.32 Å². The zero-order chi connectivity index (χ0) is 12.6. The van der Waals surface area contributed by atoms with E-state index in [2.05, 4.69) is 21.2 Å². The van der Waals surface area contributed by atoms with Gasteiger partial charge in [-0.3, -0.25) is 0 Å². The number of halogens is 4. The second-order valence-electron chi connectivity index (χ2n) is 4.09. The number of phenols is 1. The van der Waals surface area contributed by atoms with E-state index in [0.29, 0.717) is 12.1 Å². The van der Waals surface area contributed by atoms with Crippen LogP contribution in [0.2, 0.25) is 0 Å². The Kier molecular flexibility index (Phi) is 3.36. The maximum absolute atomic E-state index is 12.7. The standard InChI is InChI=1S/C11H11BrF3NO/c12-9-4-7(6-1-2-16-5-6)3-8(10(9)17)11(13,14)15/h3-4,6,16-17H,1-2,5H2. The highest BCUT2D eigenvalue weighted by atomic mass is 79.9. The summed E-state index contributed by atoms with van der Waals surface area (Å²) in [5.41, 5.74) is -0.374. The van der Waals surface area contributed by atoms with Gasteiger partial charge in [0, 0.05) is 6.54 Å². The van der Waals surface area contributed by atoms with Crippen LogP contribution in [-0.4, -0.2) is 18.2 Å². The molecule has 1 fully saturated rings. The minimum absolute atomic E-state index is 0.0769. The summed E-state index contributed by atoms with van der Waals surface area (Å²) in [5.74, 6) is -0.666. The lowest BCUT2D eigenvalue weighted by Gasteiger charge is -2.15. The zero-order valence-electron chi connectivity index (χ0n) is 8.81. The van der Waals surface area contributed by atoms with E-state index in [-0.39, 0.29) is 10.4 Å². The Labute approximate surface area is 105 Å². The molecule has 0 spiro atoms. The van der Waals surface area contributed by atoms with Crippen LogP contribution in [0.15, 0.2) is 16.6 Å². The fourth-order valence-corrected chi connectivity index (χ4v) is 2.49. The smallest absolute Gasteiger partial charge is 0.420 e. The highest BCUT2D eigenvalue weighted by Gasteiger charge is 2.36. The number of hydrogen-bond donors (Lipinski definition) is 2. The third-order valence-corrected chi connectivity index (χ3v) is 3.53. The predicted molar refractivity (Wildman–Crippen MR) is 61.0 cm³/mol. The molecule has 2 nitrogen and oxygen atoms in total. The molecule has 1 aliphatic rings. The molecule has 1 aromatic rings. The number of hydrogen-bond acceptors (Lipinski definition) is 2. The van der Waals surface area contributed by atoms with Crippen LogP contribution in [0.3, 0.4) is 0 Å². The van der Waals surface area contributed by atoms with E-state index < -0.39 is 17.5 Å². The quantitative estimate of drug-likeness (QED) is 0.834. The average molecular weight is 310 g/mol. The van der Waals surface area contributed by atoms with Crippen molar-refractivity contribution in [2.24, 2.45) is 0 Å². The molecule has 0 bridgehead atoms. The molecule has 1 aromatic carbocycles. The topological polar surface area (TPSA) is 32.3 Å². The molecule has 0 aromatic heterocycles. The Hall–Kier alpha value is -0.750. The van der Waals surface area contributed by atoms with Crippen LogP contribution in [0, 0.1) is 0 Å². The summed E-state index contributed by atoms with van der Waals surface area (Å²) in [6.45, 7) is 1.49. The van der Waals surface area contributed by atoms with Crippen LogP contribution < -0.4 is 5.32 Å². The SMILES string of the molecule is Oc1c(Br)cc(C2CCNC2)cc1C(F)(F)F. The molecule has 1 saturated heterocycles. The molecule has 1 heterocycles. The van der Waals surface area contributed by atoms with Crippen molar-refractivity contribution in [3.8, 4) is 5.75 Å². The summed E-state index contributed by atoms with van der Waals surface area (Å²) >= 11 is 2.97. The first-order chi connectivity index (χ1) is 7.89. The van der Waals surface area contributed by atoms with Crippen molar-refractivity contribution < 1.29 is 18.3 Å². The molecule has 17 heavy (non-hydrogen) atoms. The van der Waals surface area contributed by atoms with Gasteiger partial charge in [-0.15, -0.1) is 0 Å². The Morgan fingerprint density at radius 3 is 2.59 bits per heavy atom. The van der Waals surface area contributed by atoms with Crippen LogP contribution in [-0.2, 0) is 6.18 Å². The van der Waals surface area contributed by atoms with Crippen LogP contribution >= 0.6 is 15.9 Å². The molecule has 0 aliphatic carbocycles. The van der Waals surface area contributed by atoms with E-state index in [4.69, 9.17) is 0 Å². The first-order valence-corrected chi connectivity index (χ1v) is 5.99. The molecule has 1 atom stereocenters. The van der Waals surface area contributed by atoms with E-state index in [9.17, 15) is 18.3 Å². The third-order valence-electron chi connectivity index (χ3n) is 2.92. The van der Waals surface area contributed by atoms with Gasteiger partial charge in [-0.05, 0) is 52.5 Å². The normalized spacial score (nSPS) is 20.8. The van der Waals surface area contributed by atoms with Gasteiger partial charge in [0.2, 0.25) is 0 Å². The van der Waals surface area contributed by atoms with Crippen molar-refractivity contribution in [1.29, 1.82) is 0 Å². The highest BCUT2D eigenvalue weighted by Crippen LogP contribution is 2.42. The maximum atomic E-state index is 12.7. The first kappa shape index (κ1) is 12.7. The fourth-order valence-electron chi connectivity index (χ4n) is 2.01. The molecule has 1 unspecified atom stereocenters. The summed E-state index contributed by atoms with van der Waals surface area (Å²) in [6.07, 6.45) is -3.72. The van der Waals surface area contributed by atoms with E-state index in [0.717, 1.165) is 19.0 Å². The zero-order valence-corrected chi connectivity index (χ0v) is 10.4. The van der Waals surface area contributed by atoms with Crippen LogP contribution in [0.4, 0.5) is 13.2 Å². The Balaban J connectivity index is 2.45. The molecule has 2 rings (SSSR count). The number of rotatable bonds is 1. The minimum Gasteiger partial charge on any atom is -0.506 e. The molecule has 0 amide bonds. The van der Waals surface area contributed by atoms with Gasteiger partial charge >= 0.3 is 6.18 Å². The van der Waals surface area contributed by atoms with Crippen molar-refractivity contribution in [2.75, 3.05) is 13.1 Å². The van der Waals surface area contributed by atoms with Gasteiger partial charge in [-0.1, -0.05) is 0 Å². The fraction of sp³-hybridized carbons (Fsp3) is 0.455. The van der Waals surface area contributed by atoms with Crippen molar-refractivity contribution in [2.45, 2.75) is 18.5 Å². The predicted octanol–water partition coefficient (Wildman–Crippen LogP) is 3.25. The summed E-state index contributed by atoms with van der Waals surface area (Å²) in [4.78, 5) is 0. The summed E-state index contributed by atoms with van der Waals surface area (Å²) in [7, 11) is 0. The van der Waals surface area contributed by atoms with Gasteiger partial charge in [0.25, 0.3) is 0 Å². The Morgan fingerprint density at radius 2 is 2.06 bits per heavy atom. The second-order valence-corrected chi connectivity index (χ2v) is 4.94. The van der Waals surface area contributed by atoms with E-state index >= 15 is 0 Å².